The second-order valence-electron chi connectivity index (χ2n) is 5.68. The zero-order valence-corrected chi connectivity index (χ0v) is 14.2. The van der Waals surface area contributed by atoms with Crippen molar-refractivity contribution in [2.75, 3.05) is 6.54 Å². The molecule has 0 aliphatic carbocycles. The minimum Gasteiger partial charge on any atom is -0.507 e. The number of nitrogens with zero attached hydrogens (tertiary/aromatic N) is 6. The molecule has 1 aromatic carbocycles. The number of carbonyl (C=O) groups is 1. The Morgan fingerprint density at radius 1 is 1.27 bits per heavy atom. The van der Waals surface area contributed by atoms with Crippen molar-refractivity contribution in [3.05, 3.63) is 58.0 Å². The summed E-state index contributed by atoms with van der Waals surface area (Å²) in [7, 11) is 0. The summed E-state index contributed by atoms with van der Waals surface area (Å²) in [4.78, 5) is 28.2. The van der Waals surface area contributed by atoms with Gasteiger partial charge in [-0.1, -0.05) is 0 Å². The first-order chi connectivity index (χ1) is 12.5. The fourth-order valence-corrected chi connectivity index (χ4v) is 2.55. The molecule has 0 radical (unpaired) electrons. The highest BCUT2D eigenvalue weighted by molar-refractivity contribution is 5.97. The highest BCUT2D eigenvalue weighted by Crippen LogP contribution is 2.20. The molecule has 10 heteroatoms. The Balaban J connectivity index is 1.71. The maximum Gasteiger partial charge on any atom is 0.348 e. The molecule has 0 aliphatic rings. The lowest BCUT2D eigenvalue weighted by molar-refractivity contribution is 0.0949. The van der Waals surface area contributed by atoms with E-state index in [1.807, 2.05) is 0 Å². The van der Waals surface area contributed by atoms with Gasteiger partial charge in [0.25, 0.3) is 5.91 Å². The quantitative estimate of drug-likeness (QED) is 0.658. The van der Waals surface area contributed by atoms with Gasteiger partial charge in [0, 0.05) is 24.5 Å². The Bertz CT molecular complexity index is 996. The second kappa shape index (κ2) is 7.13. The van der Waals surface area contributed by atoms with Crippen LogP contribution in [0.5, 0.6) is 5.75 Å². The van der Waals surface area contributed by atoms with Crippen LogP contribution in [0.2, 0.25) is 0 Å². The highest BCUT2D eigenvalue weighted by Gasteiger charge is 2.13. The van der Waals surface area contributed by atoms with Crippen LogP contribution in [0, 0.1) is 13.8 Å². The molecule has 2 N–H and O–H groups in total. The van der Waals surface area contributed by atoms with Gasteiger partial charge in [-0.25, -0.2) is 9.48 Å². The lowest BCUT2D eigenvalue weighted by Crippen LogP contribution is -2.33. The van der Waals surface area contributed by atoms with E-state index in [0.29, 0.717) is 11.4 Å². The Kier molecular flexibility index (Phi) is 4.74. The van der Waals surface area contributed by atoms with E-state index in [1.54, 1.807) is 26.0 Å². The zero-order chi connectivity index (χ0) is 18.7. The van der Waals surface area contributed by atoms with E-state index in [0.717, 1.165) is 5.69 Å². The van der Waals surface area contributed by atoms with Crippen molar-refractivity contribution in [1.82, 2.24) is 35.1 Å². The van der Waals surface area contributed by atoms with Gasteiger partial charge in [0.1, 0.15) is 12.1 Å². The van der Waals surface area contributed by atoms with E-state index < -0.39 is 5.91 Å². The fourth-order valence-electron chi connectivity index (χ4n) is 2.55. The topological polar surface area (TPSA) is 128 Å². The van der Waals surface area contributed by atoms with Gasteiger partial charge in [-0.15, -0.1) is 5.10 Å². The summed E-state index contributed by atoms with van der Waals surface area (Å²) in [6, 6.07) is 6.25. The van der Waals surface area contributed by atoms with Crippen LogP contribution < -0.4 is 11.0 Å². The van der Waals surface area contributed by atoms with Crippen molar-refractivity contribution in [3.63, 3.8) is 0 Å². The summed E-state index contributed by atoms with van der Waals surface area (Å²) < 4.78 is 2.85. The number of aryl methyl sites for hydroxylation is 2. The van der Waals surface area contributed by atoms with Crippen LogP contribution in [-0.4, -0.2) is 47.3 Å². The first kappa shape index (κ1) is 17.3. The molecular formula is C16H17N7O3. The van der Waals surface area contributed by atoms with Crippen molar-refractivity contribution >= 4 is 5.91 Å². The fraction of sp³-hybridized carbons (Fsp3) is 0.250. The molecule has 1 amide bonds. The minimum atomic E-state index is -0.469. The molecule has 0 unspecified atom stereocenters. The number of rotatable bonds is 5. The first-order valence-corrected chi connectivity index (χ1v) is 7.85. The molecule has 10 nitrogen and oxygen atoms in total. The minimum absolute atomic E-state index is 0.0871. The molecule has 3 aromatic rings. The summed E-state index contributed by atoms with van der Waals surface area (Å²) in [6.45, 7) is 4.04. The van der Waals surface area contributed by atoms with E-state index in [2.05, 4.69) is 25.8 Å². The van der Waals surface area contributed by atoms with Crippen LogP contribution >= 0.6 is 0 Å². The van der Waals surface area contributed by atoms with Crippen molar-refractivity contribution < 1.29 is 9.90 Å². The molecule has 0 atom stereocenters. The lowest BCUT2D eigenvalue weighted by Gasteiger charge is -2.11. The summed E-state index contributed by atoms with van der Waals surface area (Å²) in [5.41, 5.74) is 1.68. The standard InChI is InChI=1S/C16H17N7O3/c1-10-7-11(2)22(16(26)19-10)6-5-17-15(25)13-8-12(3-4-14(13)24)23-9-18-20-21-23/h3-4,7-9,24H,5-6H2,1-2H3,(H,17,25). The number of phenolic OH excluding ortho intramolecular Hbond substituents is 1. The molecule has 3 rings (SSSR count). The number of phenols is 1. The number of hydrogen-bond donors (Lipinski definition) is 2. The number of carbonyl (C=O) groups excluding carboxylic acids is 1. The smallest absolute Gasteiger partial charge is 0.348 e. The van der Waals surface area contributed by atoms with Crippen LogP contribution in [-0.2, 0) is 6.54 Å². The third-order valence-corrected chi connectivity index (χ3v) is 3.81. The number of hydrogen-bond acceptors (Lipinski definition) is 7. The van der Waals surface area contributed by atoms with Crippen LogP contribution in [0.25, 0.3) is 5.69 Å². The summed E-state index contributed by atoms with van der Waals surface area (Å²) >= 11 is 0. The maximum absolute atomic E-state index is 12.4. The molecule has 0 fully saturated rings. The lowest BCUT2D eigenvalue weighted by atomic mass is 10.1. The van der Waals surface area contributed by atoms with Gasteiger partial charge in [-0.3, -0.25) is 9.36 Å². The molecule has 0 saturated carbocycles. The Labute approximate surface area is 148 Å². The van der Waals surface area contributed by atoms with Crippen molar-refractivity contribution in [3.8, 4) is 11.4 Å². The van der Waals surface area contributed by atoms with Gasteiger partial charge in [0.15, 0.2) is 0 Å². The highest BCUT2D eigenvalue weighted by atomic mass is 16.3. The zero-order valence-electron chi connectivity index (χ0n) is 14.2. The van der Waals surface area contributed by atoms with Gasteiger partial charge in [0.2, 0.25) is 0 Å². The number of tetrazole rings is 1. The molecule has 0 spiro atoms. The van der Waals surface area contributed by atoms with Gasteiger partial charge >= 0.3 is 5.69 Å². The van der Waals surface area contributed by atoms with Crippen LogP contribution in [0.1, 0.15) is 21.7 Å². The molecule has 134 valence electrons. The van der Waals surface area contributed by atoms with E-state index in [-0.39, 0.29) is 30.1 Å². The Morgan fingerprint density at radius 2 is 2.08 bits per heavy atom. The predicted molar refractivity (Wildman–Crippen MR) is 91.1 cm³/mol. The van der Waals surface area contributed by atoms with E-state index in [9.17, 15) is 14.7 Å². The third kappa shape index (κ3) is 3.58. The van der Waals surface area contributed by atoms with Gasteiger partial charge < -0.3 is 10.4 Å². The summed E-state index contributed by atoms with van der Waals surface area (Å²) in [5, 5.41) is 23.4. The number of amides is 1. The van der Waals surface area contributed by atoms with Gasteiger partial charge in [-0.2, -0.15) is 4.98 Å². The largest absolute Gasteiger partial charge is 0.507 e. The molecule has 0 aliphatic heterocycles. The van der Waals surface area contributed by atoms with E-state index in [4.69, 9.17) is 0 Å². The second-order valence-corrected chi connectivity index (χ2v) is 5.68. The van der Waals surface area contributed by atoms with E-state index >= 15 is 0 Å². The van der Waals surface area contributed by atoms with Crippen LogP contribution in [0.3, 0.4) is 0 Å². The molecule has 2 aromatic heterocycles. The molecule has 0 bridgehead atoms. The number of aromatic nitrogens is 6. The summed E-state index contributed by atoms with van der Waals surface area (Å²) in [6.07, 6.45) is 1.38. The first-order valence-electron chi connectivity index (χ1n) is 7.85. The molecule has 26 heavy (non-hydrogen) atoms. The average Bonchev–Trinajstić information content (AvgIpc) is 3.12. The molecular weight excluding hydrogens is 338 g/mol. The van der Waals surface area contributed by atoms with E-state index in [1.165, 1.54) is 27.7 Å². The van der Waals surface area contributed by atoms with Gasteiger partial charge in [0.05, 0.1) is 11.3 Å². The number of benzene rings is 1. The van der Waals surface area contributed by atoms with Gasteiger partial charge in [-0.05, 0) is 48.5 Å². The van der Waals surface area contributed by atoms with Crippen LogP contribution in [0.4, 0.5) is 0 Å². The Morgan fingerprint density at radius 3 is 2.77 bits per heavy atom. The Hall–Kier alpha value is -3.56. The number of nitrogens with one attached hydrogen (secondary N) is 1. The normalized spacial score (nSPS) is 10.7. The third-order valence-electron chi connectivity index (χ3n) is 3.81. The molecule has 2 heterocycles. The maximum atomic E-state index is 12.4. The molecule has 0 saturated heterocycles. The average molecular weight is 355 g/mol. The van der Waals surface area contributed by atoms with Crippen molar-refractivity contribution in [1.29, 1.82) is 0 Å². The number of aromatic hydroxyl groups is 1. The monoisotopic (exact) mass is 355 g/mol. The van der Waals surface area contributed by atoms with Crippen molar-refractivity contribution in [2.45, 2.75) is 20.4 Å². The van der Waals surface area contributed by atoms with Crippen molar-refractivity contribution in [2.24, 2.45) is 0 Å². The predicted octanol–water partition coefficient (Wildman–Crippen LogP) is -0.0286. The summed E-state index contributed by atoms with van der Waals surface area (Å²) in [5.74, 6) is -0.632. The van der Waals surface area contributed by atoms with Crippen LogP contribution in [0.15, 0.2) is 35.4 Å². The SMILES string of the molecule is Cc1cc(C)n(CCNC(=O)c2cc(-n3cnnn3)ccc2O)c(=O)n1.